The van der Waals surface area contributed by atoms with E-state index in [1.165, 1.54) is 0 Å². The zero-order valence-electron chi connectivity index (χ0n) is 12.0. The van der Waals surface area contributed by atoms with Gasteiger partial charge in [0.05, 0.1) is 11.8 Å². The molecule has 5 nitrogen and oxygen atoms in total. The normalized spacial score (nSPS) is 11.7. The largest absolute Gasteiger partial charge is 0.338 e. The number of nitrogens with two attached hydrogens (primary N) is 1. The molecular weight excluding hydrogens is 228 g/mol. The van der Waals surface area contributed by atoms with E-state index in [9.17, 15) is 4.79 Å². The van der Waals surface area contributed by atoms with Crippen molar-refractivity contribution in [2.75, 3.05) is 19.6 Å². The van der Waals surface area contributed by atoms with Crippen LogP contribution in [0.2, 0.25) is 0 Å². The molecule has 0 unspecified atom stereocenters. The van der Waals surface area contributed by atoms with Crippen molar-refractivity contribution in [1.29, 1.82) is 0 Å². The van der Waals surface area contributed by atoms with Crippen molar-refractivity contribution < 1.29 is 4.79 Å². The minimum Gasteiger partial charge on any atom is -0.338 e. The van der Waals surface area contributed by atoms with Gasteiger partial charge in [-0.1, -0.05) is 13.8 Å². The summed E-state index contributed by atoms with van der Waals surface area (Å²) in [6, 6.07) is 0. The molecule has 0 aliphatic carbocycles. The predicted octanol–water partition coefficient (Wildman–Crippen LogP) is 1.18. The maximum atomic E-state index is 12.4. The van der Waals surface area contributed by atoms with Crippen molar-refractivity contribution in [2.24, 2.45) is 18.2 Å². The van der Waals surface area contributed by atoms with Gasteiger partial charge in [-0.05, 0) is 25.8 Å². The molecule has 0 bridgehead atoms. The van der Waals surface area contributed by atoms with E-state index >= 15 is 0 Å². The summed E-state index contributed by atoms with van der Waals surface area (Å²) in [5, 5.41) is 4.12. The summed E-state index contributed by atoms with van der Waals surface area (Å²) >= 11 is 0. The average molecular weight is 252 g/mol. The highest BCUT2D eigenvalue weighted by Crippen LogP contribution is 2.17. The number of carbonyl (C=O) groups is 1. The summed E-state index contributed by atoms with van der Waals surface area (Å²) in [4.78, 5) is 14.3. The Morgan fingerprint density at radius 2 is 2.17 bits per heavy atom. The maximum absolute atomic E-state index is 12.4. The van der Waals surface area contributed by atoms with Gasteiger partial charge in [0.15, 0.2) is 0 Å². The third-order valence-electron chi connectivity index (χ3n) is 3.31. The second-order valence-corrected chi connectivity index (χ2v) is 5.45. The van der Waals surface area contributed by atoms with Gasteiger partial charge >= 0.3 is 0 Å². The highest BCUT2D eigenvalue weighted by atomic mass is 16.2. The van der Waals surface area contributed by atoms with Crippen LogP contribution in [0.15, 0.2) is 6.20 Å². The van der Waals surface area contributed by atoms with Gasteiger partial charge in [0.2, 0.25) is 0 Å². The number of amides is 1. The number of aromatic nitrogens is 2. The topological polar surface area (TPSA) is 64.2 Å². The van der Waals surface area contributed by atoms with Gasteiger partial charge < -0.3 is 10.6 Å². The number of aryl methyl sites for hydroxylation is 1. The molecule has 102 valence electrons. The van der Waals surface area contributed by atoms with Gasteiger partial charge in [-0.15, -0.1) is 0 Å². The van der Waals surface area contributed by atoms with Crippen LogP contribution < -0.4 is 5.73 Å². The lowest BCUT2D eigenvalue weighted by Gasteiger charge is -2.31. The first-order valence-electron chi connectivity index (χ1n) is 6.30. The van der Waals surface area contributed by atoms with E-state index in [0.29, 0.717) is 25.2 Å². The molecule has 0 aliphatic rings. The molecule has 0 saturated heterocycles. The molecule has 1 heterocycles. The highest BCUT2D eigenvalue weighted by Gasteiger charge is 2.25. The van der Waals surface area contributed by atoms with Crippen LogP contribution in [0, 0.1) is 12.3 Å². The lowest BCUT2D eigenvalue weighted by atomic mass is 9.93. The number of nitrogens with zero attached hydrogens (tertiary/aromatic N) is 3. The maximum Gasteiger partial charge on any atom is 0.257 e. The number of carbonyl (C=O) groups excluding carboxylic acids is 1. The van der Waals surface area contributed by atoms with Crippen LogP contribution in [0.25, 0.3) is 0 Å². The monoisotopic (exact) mass is 252 g/mol. The Morgan fingerprint density at radius 1 is 1.56 bits per heavy atom. The number of hydrogen-bond acceptors (Lipinski definition) is 3. The molecular formula is C13H24N4O. The Morgan fingerprint density at radius 3 is 2.56 bits per heavy atom. The zero-order chi connectivity index (χ0) is 13.9. The van der Waals surface area contributed by atoms with Crippen molar-refractivity contribution >= 4 is 5.91 Å². The van der Waals surface area contributed by atoms with E-state index in [0.717, 1.165) is 5.69 Å². The Bertz CT molecular complexity index is 423. The molecule has 0 radical (unpaired) electrons. The first-order valence-corrected chi connectivity index (χ1v) is 6.30. The first-order chi connectivity index (χ1) is 8.32. The van der Waals surface area contributed by atoms with Gasteiger partial charge in [0.1, 0.15) is 0 Å². The zero-order valence-corrected chi connectivity index (χ0v) is 12.0. The van der Waals surface area contributed by atoms with Crippen molar-refractivity contribution in [3.8, 4) is 0 Å². The molecule has 0 spiro atoms. The molecule has 1 aromatic rings. The number of rotatable bonds is 5. The van der Waals surface area contributed by atoms with E-state index < -0.39 is 0 Å². The van der Waals surface area contributed by atoms with E-state index in [2.05, 4.69) is 18.9 Å². The van der Waals surface area contributed by atoms with Gasteiger partial charge in [-0.3, -0.25) is 9.48 Å². The van der Waals surface area contributed by atoms with Crippen LogP contribution in [0.4, 0.5) is 0 Å². The summed E-state index contributed by atoms with van der Waals surface area (Å²) in [5.74, 6) is 0.0321. The molecule has 2 N–H and O–H groups in total. The predicted molar refractivity (Wildman–Crippen MR) is 72.4 cm³/mol. The van der Waals surface area contributed by atoms with Crippen LogP contribution in [-0.2, 0) is 7.05 Å². The Hall–Kier alpha value is -1.36. The molecule has 1 aromatic heterocycles. The van der Waals surface area contributed by atoms with Crippen LogP contribution >= 0.6 is 0 Å². The molecule has 1 rings (SSSR count). The fraction of sp³-hybridized carbons (Fsp3) is 0.692. The highest BCUT2D eigenvalue weighted by molar-refractivity contribution is 5.95. The molecule has 0 fully saturated rings. The SMILES string of the molecule is CCN(CC(C)(C)CN)C(=O)c1cnn(C)c1C. The Balaban J connectivity index is 2.90. The molecule has 0 saturated carbocycles. The third-order valence-corrected chi connectivity index (χ3v) is 3.31. The molecule has 5 heteroatoms. The van der Waals surface area contributed by atoms with Gasteiger partial charge in [-0.2, -0.15) is 5.10 Å². The van der Waals surface area contributed by atoms with Crippen molar-refractivity contribution in [3.05, 3.63) is 17.5 Å². The molecule has 0 aromatic carbocycles. The van der Waals surface area contributed by atoms with Gasteiger partial charge in [0.25, 0.3) is 5.91 Å². The summed E-state index contributed by atoms with van der Waals surface area (Å²) in [7, 11) is 1.84. The van der Waals surface area contributed by atoms with Crippen molar-refractivity contribution in [2.45, 2.75) is 27.7 Å². The minimum absolute atomic E-state index is 0.0321. The van der Waals surface area contributed by atoms with E-state index in [-0.39, 0.29) is 11.3 Å². The van der Waals surface area contributed by atoms with E-state index in [1.807, 2.05) is 25.8 Å². The fourth-order valence-corrected chi connectivity index (χ4v) is 1.79. The fourth-order valence-electron chi connectivity index (χ4n) is 1.79. The second-order valence-electron chi connectivity index (χ2n) is 5.45. The first kappa shape index (κ1) is 14.7. The van der Waals surface area contributed by atoms with Crippen molar-refractivity contribution in [1.82, 2.24) is 14.7 Å². The van der Waals surface area contributed by atoms with Crippen LogP contribution in [0.1, 0.15) is 36.8 Å². The summed E-state index contributed by atoms with van der Waals surface area (Å²) in [5.41, 5.74) is 7.23. The Kier molecular flexibility index (Phi) is 4.51. The summed E-state index contributed by atoms with van der Waals surface area (Å²) < 4.78 is 1.72. The number of hydrogen-bond donors (Lipinski definition) is 1. The van der Waals surface area contributed by atoms with Crippen molar-refractivity contribution in [3.63, 3.8) is 0 Å². The van der Waals surface area contributed by atoms with E-state index in [1.54, 1.807) is 10.9 Å². The summed E-state index contributed by atoms with van der Waals surface area (Å²) in [6.07, 6.45) is 1.63. The van der Waals surface area contributed by atoms with Crippen LogP contribution in [-0.4, -0.2) is 40.2 Å². The Labute approximate surface area is 109 Å². The van der Waals surface area contributed by atoms with Gasteiger partial charge in [-0.25, -0.2) is 0 Å². The molecule has 0 aliphatic heterocycles. The van der Waals surface area contributed by atoms with E-state index in [4.69, 9.17) is 5.73 Å². The second kappa shape index (κ2) is 5.52. The van der Waals surface area contributed by atoms with Crippen LogP contribution in [0.3, 0.4) is 0 Å². The standard InChI is InChI=1S/C13H24N4O/c1-6-17(9-13(3,4)8-14)12(18)11-7-15-16(5)10(11)2/h7H,6,8-9,14H2,1-5H3. The lowest BCUT2D eigenvalue weighted by Crippen LogP contribution is -2.42. The lowest BCUT2D eigenvalue weighted by molar-refractivity contribution is 0.0700. The molecule has 1 amide bonds. The third kappa shape index (κ3) is 3.10. The quantitative estimate of drug-likeness (QED) is 0.855. The van der Waals surface area contributed by atoms with Crippen LogP contribution in [0.5, 0.6) is 0 Å². The summed E-state index contributed by atoms with van der Waals surface area (Å²) in [6.45, 7) is 9.92. The smallest absolute Gasteiger partial charge is 0.257 e. The minimum atomic E-state index is -0.0677. The van der Waals surface area contributed by atoms with Gasteiger partial charge in [0, 0.05) is 25.8 Å². The molecule has 18 heavy (non-hydrogen) atoms. The average Bonchev–Trinajstić information content (AvgIpc) is 2.66. The molecule has 0 atom stereocenters.